The van der Waals surface area contributed by atoms with Crippen LogP contribution >= 0.6 is 0 Å². The summed E-state index contributed by atoms with van der Waals surface area (Å²) in [5.74, 6) is 0.754. The van der Waals surface area contributed by atoms with Crippen molar-refractivity contribution in [2.24, 2.45) is 0 Å². The molecule has 0 bridgehead atoms. The molecule has 2 aromatic rings. The van der Waals surface area contributed by atoms with Crippen LogP contribution in [0.25, 0.3) is 0 Å². The average Bonchev–Trinajstić information content (AvgIpc) is 2.57. The number of carbonyl (C=O) groups is 1. The van der Waals surface area contributed by atoms with Gasteiger partial charge in [0.2, 0.25) is 5.91 Å². The van der Waals surface area contributed by atoms with Crippen LogP contribution in [0.5, 0.6) is 5.75 Å². The topological polar surface area (TPSA) is 74.2 Å². The fourth-order valence-electron chi connectivity index (χ4n) is 2.01. The van der Waals surface area contributed by atoms with E-state index in [-0.39, 0.29) is 5.91 Å². The second-order valence-electron chi connectivity index (χ2n) is 4.87. The van der Waals surface area contributed by atoms with Crippen LogP contribution in [0, 0.1) is 11.3 Å². The summed E-state index contributed by atoms with van der Waals surface area (Å²) in [5.41, 5.74) is 2.20. The van der Waals surface area contributed by atoms with Crippen molar-refractivity contribution in [2.45, 2.75) is 13.3 Å². The lowest BCUT2D eigenvalue weighted by Gasteiger charge is -2.08. The number of nitriles is 1. The van der Waals surface area contributed by atoms with Crippen molar-refractivity contribution in [3.05, 3.63) is 54.1 Å². The molecule has 0 atom stereocenters. The zero-order valence-corrected chi connectivity index (χ0v) is 13.0. The smallest absolute Gasteiger partial charge is 0.226 e. The quantitative estimate of drug-likeness (QED) is 0.822. The Hall–Kier alpha value is -3.00. The van der Waals surface area contributed by atoms with Crippen LogP contribution in [-0.4, -0.2) is 19.1 Å². The van der Waals surface area contributed by atoms with E-state index in [1.807, 2.05) is 37.3 Å². The number of nitrogens with zero attached hydrogens (tertiary/aromatic N) is 1. The predicted molar refractivity (Wildman–Crippen MR) is 90.5 cm³/mol. The molecule has 5 heteroatoms. The number of anilines is 2. The van der Waals surface area contributed by atoms with Crippen LogP contribution in [0.2, 0.25) is 0 Å². The third-order valence-corrected chi connectivity index (χ3v) is 3.14. The summed E-state index contributed by atoms with van der Waals surface area (Å²) in [7, 11) is 0. The van der Waals surface area contributed by atoms with E-state index in [0.717, 1.165) is 11.4 Å². The number of amides is 1. The highest BCUT2D eigenvalue weighted by Crippen LogP contribution is 2.15. The van der Waals surface area contributed by atoms with Crippen molar-refractivity contribution >= 4 is 17.3 Å². The molecule has 0 radical (unpaired) electrons. The van der Waals surface area contributed by atoms with Gasteiger partial charge in [0.05, 0.1) is 18.2 Å². The Morgan fingerprint density at radius 3 is 2.35 bits per heavy atom. The molecule has 2 N–H and O–H groups in total. The Bertz CT molecular complexity index is 673. The second-order valence-corrected chi connectivity index (χ2v) is 4.87. The number of benzene rings is 2. The van der Waals surface area contributed by atoms with Crippen LogP contribution in [-0.2, 0) is 4.79 Å². The molecule has 2 aromatic carbocycles. The first-order valence-corrected chi connectivity index (χ1v) is 7.48. The normalized spacial score (nSPS) is 9.74. The summed E-state index contributed by atoms with van der Waals surface area (Å²) in [6.07, 6.45) is 0.354. The van der Waals surface area contributed by atoms with Crippen molar-refractivity contribution in [2.75, 3.05) is 23.8 Å². The predicted octanol–water partition coefficient (Wildman–Crippen LogP) is 3.40. The van der Waals surface area contributed by atoms with Gasteiger partial charge in [0.1, 0.15) is 5.75 Å². The third kappa shape index (κ3) is 5.36. The van der Waals surface area contributed by atoms with Crippen LogP contribution in [0.4, 0.5) is 11.4 Å². The van der Waals surface area contributed by atoms with Crippen molar-refractivity contribution in [1.29, 1.82) is 5.26 Å². The van der Waals surface area contributed by atoms with E-state index in [2.05, 4.69) is 10.6 Å². The third-order valence-electron chi connectivity index (χ3n) is 3.14. The molecule has 0 aliphatic rings. The lowest BCUT2D eigenvalue weighted by Crippen LogP contribution is -2.16. The highest BCUT2D eigenvalue weighted by atomic mass is 16.5. The number of rotatable bonds is 7. The first-order valence-electron chi connectivity index (χ1n) is 7.48. The Balaban J connectivity index is 1.74. The van der Waals surface area contributed by atoms with E-state index in [1.54, 1.807) is 24.3 Å². The van der Waals surface area contributed by atoms with Gasteiger partial charge in [0, 0.05) is 24.3 Å². The van der Waals surface area contributed by atoms with Gasteiger partial charge in [-0.1, -0.05) is 0 Å². The first kappa shape index (κ1) is 16.4. The van der Waals surface area contributed by atoms with Gasteiger partial charge in [-0.05, 0) is 55.5 Å². The molecule has 0 saturated carbocycles. The molecule has 0 fully saturated rings. The van der Waals surface area contributed by atoms with Crippen molar-refractivity contribution in [3.8, 4) is 11.8 Å². The molecule has 0 heterocycles. The van der Waals surface area contributed by atoms with E-state index < -0.39 is 0 Å². The summed E-state index contributed by atoms with van der Waals surface area (Å²) < 4.78 is 5.37. The van der Waals surface area contributed by atoms with E-state index in [9.17, 15) is 4.79 Å². The van der Waals surface area contributed by atoms with Gasteiger partial charge < -0.3 is 15.4 Å². The summed E-state index contributed by atoms with van der Waals surface area (Å²) in [4.78, 5) is 11.9. The molecular weight excluding hydrogens is 290 g/mol. The molecule has 23 heavy (non-hydrogen) atoms. The van der Waals surface area contributed by atoms with E-state index in [4.69, 9.17) is 10.00 Å². The maximum atomic E-state index is 11.9. The van der Waals surface area contributed by atoms with Crippen LogP contribution in [0.15, 0.2) is 48.5 Å². The second kappa shape index (κ2) is 8.44. The van der Waals surface area contributed by atoms with E-state index in [1.165, 1.54) is 0 Å². The monoisotopic (exact) mass is 309 g/mol. The molecule has 0 aliphatic carbocycles. The average molecular weight is 309 g/mol. The SMILES string of the molecule is CCOc1ccc(NCCC(=O)Nc2ccc(C#N)cc2)cc1. The highest BCUT2D eigenvalue weighted by molar-refractivity contribution is 5.91. The molecule has 0 unspecified atom stereocenters. The zero-order valence-electron chi connectivity index (χ0n) is 13.0. The van der Waals surface area contributed by atoms with Crippen LogP contribution < -0.4 is 15.4 Å². The number of ether oxygens (including phenoxy) is 1. The lowest BCUT2D eigenvalue weighted by atomic mass is 10.2. The van der Waals surface area contributed by atoms with Gasteiger partial charge in [-0.15, -0.1) is 0 Å². The van der Waals surface area contributed by atoms with Gasteiger partial charge in [-0.25, -0.2) is 0 Å². The Labute approximate surface area is 135 Å². The van der Waals surface area contributed by atoms with E-state index >= 15 is 0 Å². The molecule has 0 saturated heterocycles. The number of carbonyl (C=O) groups excluding carboxylic acids is 1. The first-order chi connectivity index (χ1) is 11.2. The molecule has 0 aliphatic heterocycles. The standard InChI is InChI=1S/C18H19N3O2/c1-2-23-17-9-7-15(8-10-17)20-12-11-18(22)21-16-5-3-14(13-19)4-6-16/h3-10,20H,2,11-12H2,1H3,(H,21,22). The van der Waals surface area contributed by atoms with Crippen molar-refractivity contribution in [3.63, 3.8) is 0 Å². The van der Waals surface area contributed by atoms with Gasteiger partial charge in [0.15, 0.2) is 0 Å². The van der Waals surface area contributed by atoms with Gasteiger partial charge in [-0.3, -0.25) is 4.79 Å². The summed E-state index contributed by atoms with van der Waals surface area (Å²) in [5, 5.41) is 14.7. The fraction of sp³-hybridized carbons (Fsp3) is 0.222. The minimum atomic E-state index is -0.0758. The van der Waals surface area contributed by atoms with Crippen molar-refractivity contribution in [1.82, 2.24) is 0 Å². The lowest BCUT2D eigenvalue weighted by molar-refractivity contribution is -0.115. The Morgan fingerprint density at radius 2 is 1.74 bits per heavy atom. The molecule has 0 aromatic heterocycles. The molecule has 1 amide bonds. The highest BCUT2D eigenvalue weighted by Gasteiger charge is 2.02. The minimum absolute atomic E-state index is 0.0758. The summed E-state index contributed by atoms with van der Waals surface area (Å²) in [6.45, 7) is 3.12. The fourth-order valence-corrected chi connectivity index (χ4v) is 2.01. The largest absolute Gasteiger partial charge is 0.494 e. The molecule has 2 rings (SSSR count). The zero-order chi connectivity index (χ0) is 16.5. The number of hydrogen-bond donors (Lipinski definition) is 2. The maximum absolute atomic E-state index is 11.9. The number of hydrogen-bond acceptors (Lipinski definition) is 4. The maximum Gasteiger partial charge on any atom is 0.226 e. The molecule has 5 nitrogen and oxygen atoms in total. The van der Waals surface area contributed by atoms with Crippen LogP contribution in [0.1, 0.15) is 18.9 Å². The van der Waals surface area contributed by atoms with E-state index in [0.29, 0.717) is 30.8 Å². The molecule has 118 valence electrons. The van der Waals surface area contributed by atoms with Gasteiger partial charge >= 0.3 is 0 Å². The van der Waals surface area contributed by atoms with Crippen LogP contribution in [0.3, 0.4) is 0 Å². The molecule has 0 spiro atoms. The minimum Gasteiger partial charge on any atom is -0.494 e. The molecular formula is C18H19N3O2. The number of nitrogens with one attached hydrogen (secondary N) is 2. The van der Waals surface area contributed by atoms with Gasteiger partial charge in [-0.2, -0.15) is 5.26 Å². The Kier molecular flexibility index (Phi) is 6.01. The van der Waals surface area contributed by atoms with Crippen molar-refractivity contribution < 1.29 is 9.53 Å². The van der Waals surface area contributed by atoms with Gasteiger partial charge in [0.25, 0.3) is 0 Å². The summed E-state index contributed by atoms with van der Waals surface area (Å²) >= 11 is 0. The summed E-state index contributed by atoms with van der Waals surface area (Å²) in [6, 6.07) is 16.4. The Morgan fingerprint density at radius 1 is 1.09 bits per heavy atom.